The minimum atomic E-state index is -3.26. The van der Waals surface area contributed by atoms with Gasteiger partial charge < -0.3 is 19.5 Å². The first-order valence-corrected chi connectivity index (χ1v) is 8.92. The number of para-hydroxylation sites is 2. The van der Waals surface area contributed by atoms with Crippen molar-refractivity contribution in [3.8, 4) is 23.0 Å². The number of ether oxygens (including phenoxy) is 3. The highest BCUT2D eigenvalue weighted by atomic mass is 19.3. The Morgan fingerprint density at radius 3 is 2.07 bits per heavy atom. The Morgan fingerprint density at radius 2 is 1.45 bits per heavy atom. The summed E-state index contributed by atoms with van der Waals surface area (Å²) >= 11 is 0. The summed E-state index contributed by atoms with van der Waals surface area (Å²) in [6.07, 6.45) is -0.893. The second-order valence-electron chi connectivity index (χ2n) is 6.45. The Morgan fingerprint density at radius 1 is 0.862 bits per heavy atom. The fraction of sp³-hybridized carbons (Fsp3) is 0.136. The average molecular weight is 397 g/mol. The van der Waals surface area contributed by atoms with Gasteiger partial charge in [-0.3, -0.25) is 0 Å². The summed E-state index contributed by atoms with van der Waals surface area (Å²) in [6, 6.07) is 20.9. The zero-order valence-corrected chi connectivity index (χ0v) is 15.2. The van der Waals surface area contributed by atoms with Crippen molar-refractivity contribution in [1.29, 1.82) is 0 Å². The molecule has 0 bridgehead atoms. The van der Waals surface area contributed by atoms with Crippen molar-refractivity contribution in [2.24, 2.45) is 0 Å². The molecular formula is C22H17F2NO4. The van der Waals surface area contributed by atoms with E-state index >= 15 is 0 Å². The zero-order valence-electron chi connectivity index (χ0n) is 15.2. The van der Waals surface area contributed by atoms with E-state index in [1.165, 1.54) is 18.2 Å². The number of rotatable bonds is 5. The third-order valence-corrected chi connectivity index (χ3v) is 4.32. The molecule has 1 heterocycles. The minimum absolute atomic E-state index is 0.179. The molecule has 3 aromatic rings. The maximum absolute atomic E-state index is 14.3. The van der Waals surface area contributed by atoms with Crippen molar-refractivity contribution in [2.75, 3.05) is 6.61 Å². The van der Waals surface area contributed by atoms with Crippen LogP contribution in [-0.4, -0.2) is 18.6 Å². The highest BCUT2D eigenvalue weighted by Gasteiger charge is 2.47. The van der Waals surface area contributed by atoms with Crippen LogP contribution in [0.2, 0.25) is 0 Å². The molecule has 5 nitrogen and oxygen atoms in total. The van der Waals surface area contributed by atoms with Gasteiger partial charge in [0.05, 0.1) is 0 Å². The quantitative estimate of drug-likeness (QED) is 0.601. The van der Waals surface area contributed by atoms with Crippen LogP contribution < -0.4 is 14.8 Å². The van der Waals surface area contributed by atoms with E-state index < -0.39 is 24.7 Å². The minimum Gasteiger partial charge on any atom is -0.453 e. The largest absolute Gasteiger partial charge is 0.453 e. The van der Waals surface area contributed by atoms with Crippen molar-refractivity contribution in [3.63, 3.8) is 0 Å². The summed E-state index contributed by atoms with van der Waals surface area (Å²) in [5.74, 6) is -1.58. The summed E-state index contributed by atoms with van der Waals surface area (Å²) in [5.41, 5.74) is 0.179. The van der Waals surface area contributed by atoms with Crippen LogP contribution in [0, 0.1) is 0 Å². The van der Waals surface area contributed by atoms with Crippen LogP contribution in [0.5, 0.6) is 23.0 Å². The van der Waals surface area contributed by atoms with Crippen molar-refractivity contribution in [1.82, 2.24) is 5.32 Å². The molecule has 7 heteroatoms. The van der Waals surface area contributed by atoms with E-state index in [9.17, 15) is 13.6 Å². The second-order valence-corrected chi connectivity index (χ2v) is 6.45. The molecule has 0 aromatic heterocycles. The molecule has 1 aliphatic rings. The molecular weight excluding hydrogens is 380 g/mol. The molecule has 1 aliphatic heterocycles. The molecule has 0 spiro atoms. The first kappa shape index (κ1) is 18.7. The molecule has 0 unspecified atom stereocenters. The summed E-state index contributed by atoms with van der Waals surface area (Å²) in [7, 11) is 0. The van der Waals surface area contributed by atoms with Gasteiger partial charge >= 0.3 is 12.0 Å². The van der Waals surface area contributed by atoms with E-state index in [0.717, 1.165) is 0 Å². The van der Waals surface area contributed by atoms with Crippen LogP contribution in [0.1, 0.15) is 11.6 Å². The molecule has 1 fully saturated rings. The van der Waals surface area contributed by atoms with Gasteiger partial charge in [0.15, 0.2) is 18.1 Å². The maximum Gasteiger partial charge on any atom is 0.408 e. The topological polar surface area (TPSA) is 56.8 Å². The summed E-state index contributed by atoms with van der Waals surface area (Å²) in [4.78, 5) is 11.5. The molecule has 3 aromatic carbocycles. The first-order valence-electron chi connectivity index (χ1n) is 8.92. The van der Waals surface area contributed by atoms with Gasteiger partial charge in [0.2, 0.25) is 0 Å². The number of alkyl carbamates (subject to hydrolysis) is 1. The third-order valence-electron chi connectivity index (χ3n) is 4.32. The number of hydrogen-bond donors (Lipinski definition) is 1. The molecule has 0 saturated carbocycles. The summed E-state index contributed by atoms with van der Waals surface area (Å²) in [6.45, 7) is -0.985. The van der Waals surface area contributed by atoms with Gasteiger partial charge in [-0.2, -0.15) is 0 Å². The summed E-state index contributed by atoms with van der Waals surface area (Å²) in [5, 5.41) is 2.18. The number of carbonyl (C=O) groups is 1. The van der Waals surface area contributed by atoms with E-state index in [0.29, 0.717) is 17.2 Å². The number of nitrogens with one attached hydrogen (secondary N) is 1. The van der Waals surface area contributed by atoms with Gasteiger partial charge in [-0.1, -0.05) is 42.5 Å². The Kier molecular flexibility index (Phi) is 5.03. The molecule has 0 aliphatic carbocycles. The predicted molar refractivity (Wildman–Crippen MR) is 102 cm³/mol. The Labute approximate surface area is 165 Å². The van der Waals surface area contributed by atoms with Gasteiger partial charge in [-0.25, -0.2) is 13.6 Å². The van der Waals surface area contributed by atoms with Gasteiger partial charge in [0.25, 0.3) is 0 Å². The van der Waals surface area contributed by atoms with Crippen LogP contribution in [-0.2, 0) is 4.74 Å². The number of benzene rings is 3. The van der Waals surface area contributed by atoms with Crippen molar-refractivity contribution in [3.05, 3.63) is 84.4 Å². The molecule has 4 rings (SSSR count). The van der Waals surface area contributed by atoms with E-state index in [4.69, 9.17) is 9.47 Å². The Hall–Kier alpha value is -3.61. The number of hydrogen-bond acceptors (Lipinski definition) is 4. The SMILES string of the molecule is O=C1N[C@@H](c2ccc(Oc3ccccc3)c(Oc3ccccc3)c2)C(F)(F)CO1. The highest BCUT2D eigenvalue weighted by molar-refractivity contribution is 5.69. The lowest BCUT2D eigenvalue weighted by Gasteiger charge is -2.32. The standard InChI is InChI=1S/C22H17F2NO4/c23-22(24)14-27-21(26)25-20(22)15-11-12-18(28-16-7-3-1-4-8-16)19(13-15)29-17-9-5-2-6-10-17/h1-13,20H,14H2,(H,25,26)/t20-/m0/s1. The fourth-order valence-corrected chi connectivity index (χ4v) is 2.94. The first-order chi connectivity index (χ1) is 14.0. The molecule has 148 valence electrons. The van der Waals surface area contributed by atoms with Crippen LogP contribution >= 0.6 is 0 Å². The normalized spacial score (nSPS) is 17.7. The van der Waals surface area contributed by atoms with Crippen molar-refractivity contribution >= 4 is 6.09 Å². The van der Waals surface area contributed by atoms with Gasteiger partial charge in [0.1, 0.15) is 17.5 Å². The highest BCUT2D eigenvalue weighted by Crippen LogP contribution is 2.41. The van der Waals surface area contributed by atoms with Gasteiger partial charge in [0, 0.05) is 0 Å². The van der Waals surface area contributed by atoms with Crippen molar-refractivity contribution in [2.45, 2.75) is 12.0 Å². The lowest BCUT2D eigenvalue weighted by molar-refractivity contribution is -0.104. The Balaban J connectivity index is 1.71. The molecule has 1 amide bonds. The third kappa shape index (κ3) is 4.29. The lowest BCUT2D eigenvalue weighted by Crippen LogP contribution is -2.49. The molecule has 1 N–H and O–H groups in total. The fourth-order valence-electron chi connectivity index (χ4n) is 2.94. The number of amides is 1. The number of halogens is 2. The smallest absolute Gasteiger partial charge is 0.408 e. The van der Waals surface area contributed by atoms with Crippen LogP contribution in [0.4, 0.5) is 13.6 Å². The zero-order chi connectivity index (χ0) is 20.3. The second kappa shape index (κ2) is 7.79. The van der Waals surface area contributed by atoms with Crippen molar-refractivity contribution < 1.29 is 27.8 Å². The lowest BCUT2D eigenvalue weighted by atomic mass is 9.99. The number of alkyl halides is 2. The van der Waals surface area contributed by atoms with E-state index in [-0.39, 0.29) is 11.3 Å². The van der Waals surface area contributed by atoms with E-state index in [2.05, 4.69) is 10.1 Å². The predicted octanol–water partition coefficient (Wildman–Crippen LogP) is 5.69. The maximum atomic E-state index is 14.3. The van der Waals surface area contributed by atoms with Crippen LogP contribution in [0.15, 0.2) is 78.9 Å². The van der Waals surface area contributed by atoms with Crippen LogP contribution in [0.3, 0.4) is 0 Å². The van der Waals surface area contributed by atoms with Crippen LogP contribution in [0.25, 0.3) is 0 Å². The van der Waals surface area contributed by atoms with Gasteiger partial charge in [-0.15, -0.1) is 0 Å². The number of cyclic esters (lactones) is 1. The summed E-state index contributed by atoms with van der Waals surface area (Å²) < 4.78 is 44.8. The Bertz CT molecular complexity index is 996. The van der Waals surface area contributed by atoms with E-state index in [1.807, 2.05) is 24.3 Å². The monoisotopic (exact) mass is 397 g/mol. The molecule has 0 radical (unpaired) electrons. The number of carbonyl (C=O) groups excluding carboxylic acids is 1. The molecule has 1 saturated heterocycles. The average Bonchev–Trinajstić information content (AvgIpc) is 2.73. The van der Waals surface area contributed by atoms with E-state index in [1.54, 1.807) is 36.4 Å². The molecule has 29 heavy (non-hydrogen) atoms. The molecule has 1 atom stereocenters. The van der Waals surface area contributed by atoms with Gasteiger partial charge in [-0.05, 0) is 42.0 Å².